The van der Waals surface area contributed by atoms with Crippen molar-refractivity contribution in [2.45, 2.75) is 19.4 Å². The SMILES string of the molecule is Cc1[nH]c2ccc(O)cc2c1CC(N)C(=O)O. The normalized spacial score (nSPS) is 12.8. The molecule has 0 saturated carbocycles. The molecule has 90 valence electrons. The summed E-state index contributed by atoms with van der Waals surface area (Å²) in [5.41, 5.74) is 8.11. The Balaban J connectivity index is 2.48. The quantitative estimate of drug-likeness (QED) is 0.639. The summed E-state index contributed by atoms with van der Waals surface area (Å²) in [7, 11) is 0. The molecule has 0 fully saturated rings. The number of phenols is 1. The van der Waals surface area contributed by atoms with E-state index in [1.54, 1.807) is 18.2 Å². The van der Waals surface area contributed by atoms with Crippen LogP contribution in [0.3, 0.4) is 0 Å². The number of carbonyl (C=O) groups is 1. The van der Waals surface area contributed by atoms with Gasteiger partial charge in [0.05, 0.1) is 0 Å². The lowest BCUT2D eigenvalue weighted by Crippen LogP contribution is -2.32. The Morgan fingerprint density at radius 2 is 2.24 bits per heavy atom. The van der Waals surface area contributed by atoms with Crippen LogP contribution in [0.2, 0.25) is 0 Å². The molecule has 1 aromatic heterocycles. The molecule has 17 heavy (non-hydrogen) atoms. The molecule has 2 aromatic rings. The number of aryl methyl sites for hydroxylation is 1. The van der Waals surface area contributed by atoms with E-state index in [0.717, 1.165) is 22.2 Å². The molecule has 0 bridgehead atoms. The lowest BCUT2D eigenvalue weighted by molar-refractivity contribution is -0.138. The summed E-state index contributed by atoms with van der Waals surface area (Å²) in [4.78, 5) is 13.9. The molecule has 5 heteroatoms. The highest BCUT2D eigenvalue weighted by Crippen LogP contribution is 2.26. The van der Waals surface area contributed by atoms with E-state index in [0.29, 0.717) is 0 Å². The van der Waals surface area contributed by atoms with Crippen molar-refractivity contribution in [3.63, 3.8) is 0 Å². The van der Waals surface area contributed by atoms with Crippen molar-refractivity contribution in [3.05, 3.63) is 29.5 Å². The number of nitrogens with two attached hydrogens (primary N) is 1. The molecule has 0 radical (unpaired) electrons. The Bertz CT molecular complexity index is 574. The van der Waals surface area contributed by atoms with E-state index in [-0.39, 0.29) is 12.2 Å². The Morgan fingerprint density at radius 1 is 1.53 bits per heavy atom. The molecule has 5 nitrogen and oxygen atoms in total. The number of benzene rings is 1. The summed E-state index contributed by atoms with van der Waals surface area (Å²) in [6.45, 7) is 1.86. The lowest BCUT2D eigenvalue weighted by Gasteiger charge is -2.06. The van der Waals surface area contributed by atoms with Gasteiger partial charge in [-0.25, -0.2) is 0 Å². The van der Waals surface area contributed by atoms with E-state index in [4.69, 9.17) is 10.8 Å². The maximum Gasteiger partial charge on any atom is 0.320 e. The molecule has 0 aliphatic heterocycles. The number of aromatic hydroxyl groups is 1. The fraction of sp³-hybridized carbons (Fsp3) is 0.250. The van der Waals surface area contributed by atoms with Crippen LogP contribution in [0, 0.1) is 6.92 Å². The van der Waals surface area contributed by atoms with Crippen LogP contribution in [0.4, 0.5) is 0 Å². The van der Waals surface area contributed by atoms with E-state index < -0.39 is 12.0 Å². The van der Waals surface area contributed by atoms with Gasteiger partial charge in [-0.3, -0.25) is 4.79 Å². The molecule has 0 amide bonds. The predicted molar refractivity (Wildman–Crippen MR) is 64.0 cm³/mol. The van der Waals surface area contributed by atoms with Crippen molar-refractivity contribution in [2.24, 2.45) is 5.73 Å². The first-order valence-electron chi connectivity index (χ1n) is 5.27. The number of H-pyrrole nitrogens is 1. The highest BCUT2D eigenvalue weighted by atomic mass is 16.4. The fourth-order valence-corrected chi connectivity index (χ4v) is 1.94. The molecule has 0 saturated heterocycles. The molecule has 1 aromatic carbocycles. The zero-order valence-corrected chi connectivity index (χ0v) is 9.40. The number of aliphatic carboxylic acids is 1. The van der Waals surface area contributed by atoms with E-state index in [2.05, 4.69) is 4.98 Å². The Hall–Kier alpha value is -2.01. The van der Waals surface area contributed by atoms with Crippen molar-refractivity contribution < 1.29 is 15.0 Å². The van der Waals surface area contributed by atoms with E-state index in [1.807, 2.05) is 6.92 Å². The van der Waals surface area contributed by atoms with Gasteiger partial charge in [0.1, 0.15) is 11.8 Å². The highest BCUT2D eigenvalue weighted by molar-refractivity contribution is 5.86. The Labute approximate surface area is 97.9 Å². The largest absolute Gasteiger partial charge is 0.508 e. The van der Waals surface area contributed by atoms with Crippen LogP contribution >= 0.6 is 0 Å². The maximum absolute atomic E-state index is 10.8. The smallest absolute Gasteiger partial charge is 0.320 e. The second kappa shape index (κ2) is 4.10. The third-order valence-electron chi connectivity index (χ3n) is 2.84. The van der Waals surface area contributed by atoms with Gasteiger partial charge in [-0.2, -0.15) is 0 Å². The van der Waals surface area contributed by atoms with Crippen LogP contribution in [-0.4, -0.2) is 27.2 Å². The number of nitrogens with one attached hydrogen (secondary N) is 1. The van der Waals surface area contributed by atoms with Gasteiger partial charge in [0.2, 0.25) is 0 Å². The first-order valence-corrected chi connectivity index (χ1v) is 5.27. The number of carboxylic acids is 1. The molecule has 1 atom stereocenters. The van der Waals surface area contributed by atoms with Crippen LogP contribution < -0.4 is 5.73 Å². The molecule has 0 spiro atoms. The van der Waals surface area contributed by atoms with E-state index in [9.17, 15) is 9.90 Å². The number of phenolic OH excluding ortho intramolecular Hbond substituents is 1. The van der Waals surface area contributed by atoms with Crippen LogP contribution in [0.15, 0.2) is 18.2 Å². The first kappa shape index (κ1) is 11.5. The van der Waals surface area contributed by atoms with Gasteiger partial charge in [0.15, 0.2) is 0 Å². The summed E-state index contributed by atoms with van der Waals surface area (Å²) < 4.78 is 0. The third kappa shape index (κ3) is 2.09. The number of aromatic nitrogens is 1. The topological polar surface area (TPSA) is 99.3 Å². The number of fused-ring (bicyclic) bond motifs is 1. The molecular formula is C12H14N2O3. The van der Waals surface area contributed by atoms with Crippen molar-refractivity contribution in [1.82, 2.24) is 4.98 Å². The monoisotopic (exact) mass is 234 g/mol. The molecule has 5 N–H and O–H groups in total. The van der Waals surface area contributed by atoms with Crippen LogP contribution in [-0.2, 0) is 11.2 Å². The minimum absolute atomic E-state index is 0.154. The summed E-state index contributed by atoms with van der Waals surface area (Å²) in [6.07, 6.45) is 0.241. The van der Waals surface area contributed by atoms with Crippen LogP contribution in [0.25, 0.3) is 10.9 Å². The van der Waals surface area contributed by atoms with Crippen molar-refractivity contribution >= 4 is 16.9 Å². The molecule has 1 heterocycles. The number of rotatable bonds is 3. The highest BCUT2D eigenvalue weighted by Gasteiger charge is 2.17. The van der Waals surface area contributed by atoms with Crippen LogP contribution in [0.5, 0.6) is 5.75 Å². The van der Waals surface area contributed by atoms with Crippen LogP contribution in [0.1, 0.15) is 11.3 Å². The second-order valence-electron chi connectivity index (χ2n) is 4.11. The lowest BCUT2D eigenvalue weighted by atomic mass is 10.0. The van der Waals surface area contributed by atoms with Gasteiger partial charge in [-0.1, -0.05) is 0 Å². The molecule has 1 unspecified atom stereocenters. The fourth-order valence-electron chi connectivity index (χ4n) is 1.94. The summed E-state index contributed by atoms with van der Waals surface area (Å²) >= 11 is 0. The number of hydrogen-bond acceptors (Lipinski definition) is 3. The average Bonchev–Trinajstić information content (AvgIpc) is 2.55. The van der Waals surface area contributed by atoms with Crippen molar-refractivity contribution in [3.8, 4) is 5.75 Å². The van der Waals surface area contributed by atoms with Gasteiger partial charge in [0.25, 0.3) is 0 Å². The molecule has 0 aliphatic rings. The van der Waals surface area contributed by atoms with Gasteiger partial charge in [-0.05, 0) is 30.7 Å². The predicted octanol–water partition coefficient (Wildman–Crippen LogP) is 1.14. The maximum atomic E-state index is 10.8. The van der Waals surface area contributed by atoms with Crippen molar-refractivity contribution in [2.75, 3.05) is 0 Å². The zero-order chi connectivity index (χ0) is 12.6. The Morgan fingerprint density at radius 3 is 2.88 bits per heavy atom. The summed E-state index contributed by atoms with van der Waals surface area (Å²) in [5.74, 6) is -0.874. The second-order valence-corrected chi connectivity index (χ2v) is 4.11. The number of carboxylic acid groups (broad SMARTS) is 1. The summed E-state index contributed by atoms with van der Waals surface area (Å²) in [5, 5.41) is 19.1. The minimum Gasteiger partial charge on any atom is -0.508 e. The van der Waals surface area contributed by atoms with E-state index in [1.165, 1.54) is 0 Å². The van der Waals surface area contributed by atoms with E-state index >= 15 is 0 Å². The number of hydrogen-bond donors (Lipinski definition) is 4. The summed E-state index contributed by atoms with van der Waals surface area (Å²) in [6, 6.07) is 4.02. The number of aromatic amines is 1. The third-order valence-corrected chi connectivity index (χ3v) is 2.84. The standard InChI is InChI=1S/C12H14N2O3/c1-6-8(5-10(13)12(16)17)9-4-7(15)2-3-11(9)14-6/h2-4,10,14-15H,5,13H2,1H3,(H,16,17). The minimum atomic E-state index is -1.03. The van der Waals surface area contributed by atoms with Gasteiger partial charge >= 0.3 is 5.97 Å². The van der Waals surface area contributed by atoms with Gasteiger partial charge in [-0.15, -0.1) is 0 Å². The van der Waals surface area contributed by atoms with Crippen molar-refractivity contribution in [1.29, 1.82) is 0 Å². The molecule has 2 rings (SSSR count). The van der Waals surface area contributed by atoms with Gasteiger partial charge < -0.3 is 20.9 Å². The average molecular weight is 234 g/mol. The zero-order valence-electron chi connectivity index (χ0n) is 9.40. The Kier molecular flexibility index (Phi) is 2.77. The molecule has 0 aliphatic carbocycles. The first-order chi connectivity index (χ1) is 7.99. The molecular weight excluding hydrogens is 220 g/mol. The van der Waals surface area contributed by atoms with Gasteiger partial charge in [0, 0.05) is 23.0 Å².